The van der Waals surface area contributed by atoms with Crippen molar-refractivity contribution in [1.82, 2.24) is 9.55 Å². The molecule has 4 rings (SSSR count). The number of hydrogen-bond acceptors (Lipinski definition) is 2. The van der Waals surface area contributed by atoms with Crippen molar-refractivity contribution in [2.24, 2.45) is 0 Å². The second-order valence-corrected chi connectivity index (χ2v) is 8.06. The fourth-order valence-electron chi connectivity index (χ4n) is 4.20. The number of carboxylic acid groups (broad SMARTS) is 1. The highest BCUT2D eigenvalue weighted by Crippen LogP contribution is 2.28. The van der Waals surface area contributed by atoms with E-state index in [1.807, 2.05) is 18.2 Å². The quantitative estimate of drug-likeness (QED) is 0.384. The second-order valence-electron chi connectivity index (χ2n) is 8.06. The van der Waals surface area contributed by atoms with E-state index >= 15 is 0 Å². The summed E-state index contributed by atoms with van der Waals surface area (Å²) in [6, 6.07) is 23.0. The number of aromatic nitrogens is 2. The summed E-state index contributed by atoms with van der Waals surface area (Å²) in [4.78, 5) is 16.2. The molecule has 0 unspecified atom stereocenters. The highest BCUT2D eigenvalue weighted by molar-refractivity contribution is 5.79. The lowest BCUT2D eigenvalue weighted by molar-refractivity contribution is -0.136. The van der Waals surface area contributed by atoms with Crippen molar-refractivity contribution >= 4 is 17.0 Å². The molecular formula is C27H28N2O2. The maximum absolute atomic E-state index is 11.2. The fraction of sp³-hybridized carbons (Fsp3) is 0.259. The van der Waals surface area contributed by atoms with Gasteiger partial charge in [0.1, 0.15) is 5.82 Å². The lowest BCUT2D eigenvalue weighted by Gasteiger charge is -2.14. The van der Waals surface area contributed by atoms with Crippen molar-refractivity contribution in [2.75, 3.05) is 0 Å². The average Bonchev–Trinajstić information content (AvgIpc) is 3.12. The highest BCUT2D eigenvalue weighted by atomic mass is 16.4. The molecule has 4 aromatic rings. The summed E-state index contributed by atoms with van der Waals surface area (Å²) in [6.45, 7) is 5.01. The standard InChI is InChI=1S/C27H28N2O2/c1-3-8-25-28-27-19(2)9-7-12-24(27)29(25)18-20-13-15-23(21-10-5-4-6-11-21)22(17-20)14-16-26(30)31/h4-7,9-13,15,17H,3,8,14,16,18H2,1-2H3,(H,30,31). The molecule has 0 atom stereocenters. The van der Waals surface area contributed by atoms with Crippen LogP contribution in [0, 0.1) is 6.92 Å². The van der Waals surface area contributed by atoms with Crippen LogP contribution in [0.25, 0.3) is 22.2 Å². The van der Waals surface area contributed by atoms with Crippen LogP contribution >= 0.6 is 0 Å². The second kappa shape index (κ2) is 9.17. The van der Waals surface area contributed by atoms with Crippen molar-refractivity contribution in [3.05, 3.63) is 89.2 Å². The molecule has 0 saturated carbocycles. The van der Waals surface area contributed by atoms with E-state index in [0.29, 0.717) is 6.42 Å². The molecule has 3 aromatic carbocycles. The zero-order chi connectivity index (χ0) is 21.8. The van der Waals surface area contributed by atoms with Gasteiger partial charge < -0.3 is 9.67 Å². The first-order valence-corrected chi connectivity index (χ1v) is 10.9. The minimum atomic E-state index is -0.772. The molecule has 0 aliphatic carbocycles. The number of aryl methyl sites for hydroxylation is 3. The summed E-state index contributed by atoms with van der Waals surface area (Å²) in [5.74, 6) is 0.330. The van der Waals surface area contributed by atoms with Gasteiger partial charge in [-0.05, 0) is 53.6 Å². The van der Waals surface area contributed by atoms with E-state index in [-0.39, 0.29) is 6.42 Å². The maximum Gasteiger partial charge on any atom is 0.303 e. The topological polar surface area (TPSA) is 55.1 Å². The van der Waals surface area contributed by atoms with Crippen LogP contribution in [0.4, 0.5) is 0 Å². The first-order valence-electron chi connectivity index (χ1n) is 10.9. The smallest absolute Gasteiger partial charge is 0.303 e. The van der Waals surface area contributed by atoms with Crippen molar-refractivity contribution < 1.29 is 9.90 Å². The molecule has 31 heavy (non-hydrogen) atoms. The molecular weight excluding hydrogens is 384 g/mol. The lowest BCUT2D eigenvalue weighted by Crippen LogP contribution is -2.06. The SMILES string of the molecule is CCCc1nc2c(C)cccc2n1Cc1ccc(-c2ccccc2)c(CCC(=O)O)c1. The molecule has 1 aromatic heterocycles. The van der Waals surface area contributed by atoms with Crippen LogP contribution in [0.3, 0.4) is 0 Å². The van der Waals surface area contributed by atoms with Crippen LogP contribution < -0.4 is 0 Å². The molecule has 1 N–H and O–H groups in total. The van der Waals surface area contributed by atoms with Gasteiger partial charge in [0, 0.05) is 19.4 Å². The van der Waals surface area contributed by atoms with Gasteiger partial charge in [-0.2, -0.15) is 0 Å². The largest absolute Gasteiger partial charge is 0.481 e. The van der Waals surface area contributed by atoms with Gasteiger partial charge in [-0.1, -0.05) is 67.6 Å². The van der Waals surface area contributed by atoms with Crippen LogP contribution in [0.5, 0.6) is 0 Å². The number of benzene rings is 3. The molecule has 0 spiro atoms. The Kier molecular flexibility index (Phi) is 6.17. The highest BCUT2D eigenvalue weighted by Gasteiger charge is 2.14. The zero-order valence-corrected chi connectivity index (χ0v) is 18.1. The van der Waals surface area contributed by atoms with E-state index < -0.39 is 5.97 Å². The van der Waals surface area contributed by atoms with Gasteiger partial charge in [-0.3, -0.25) is 4.79 Å². The van der Waals surface area contributed by atoms with Gasteiger partial charge in [-0.25, -0.2) is 4.98 Å². The summed E-state index contributed by atoms with van der Waals surface area (Å²) < 4.78 is 2.31. The Morgan fingerprint density at radius 2 is 1.81 bits per heavy atom. The lowest BCUT2D eigenvalue weighted by atomic mass is 9.94. The Morgan fingerprint density at radius 1 is 1.00 bits per heavy atom. The number of imidazole rings is 1. The Bertz CT molecular complexity index is 1210. The number of nitrogens with zero attached hydrogens (tertiary/aromatic N) is 2. The predicted molar refractivity (Wildman–Crippen MR) is 125 cm³/mol. The molecule has 0 radical (unpaired) electrons. The number of carboxylic acids is 1. The van der Waals surface area contributed by atoms with Gasteiger partial charge in [0.05, 0.1) is 11.0 Å². The molecule has 0 aliphatic heterocycles. The number of para-hydroxylation sites is 1. The Hall–Kier alpha value is -3.40. The molecule has 4 nitrogen and oxygen atoms in total. The van der Waals surface area contributed by atoms with Crippen molar-refractivity contribution in [3.8, 4) is 11.1 Å². The molecule has 0 bridgehead atoms. The number of aliphatic carboxylic acids is 1. The van der Waals surface area contributed by atoms with E-state index in [2.05, 4.69) is 66.9 Å². The predicted octanol–water partition coefficient (Wildman–Crippen LogP) is 6.03. The third-order valence-electron chi connectivity index (χ3n) is 5.74. The van der Waals surface area contributed by atoms with Gasteiger partial charge in [-0.15, -0.1) is 0 Å². The normalized spacial score (nSPS) is 11.2. The summed E-state index contributed by atoms with van der Waals surface area (Å²) >= 11 is 0. The molecule has 1 heterocycles. The van der Waals surface area contributed by atoms with Crippen LogP contribution in [-0.4, -0.2) is 20.6 Å². The summed E-state index contributed by atoms with van der Waals surface area (Å²) in [7, 11) is 0. The Morgan fingerprint density at radius 3 is 2.55 bits per heavy atom. The third-order valence-corrected chi connectivity index (χ3v) is 5.74. The number of fused-ring (bicyclic) bond motifs is 1. The molecule has 0 amide bonds. The molecule has 0 aliphatic rings. The summed E-state index contributed by atoms with van der Waals surface area (Å²) in [5, 5.41) is 9.24. The molecule has 0 saturated heterocycles. The van der Waals surface area contributed by atoms with Crippen LogP contribution in [0.15, 0.2) is 66.7 Å². The number of carbonyl (C=O) groups is 1. The van der Waals surface area contributed by atoms with Crippen molar-refractivity contribution in [2.45, 2.75) is 46.1 Å². The summed E-state index contributed by atoms with van der Waals surface area (Å²) in [5.41, 5.74) is 7.87. The first-order chi connectivity index (χ1) is 15.1. The Labute approximate surface area is 183 Å². The number of hydrogen-bond donors (Lipinski definition) is 1. The zero-order valence-electron chi connectivity index (χ0n) is 18.1. The van der Waals surface area contributed by atoms with E-state index in [1.165, 1.54) is 11.1 Å². The number of rotatable bonds is 8. The average molecular weight is 413 g/mol. The van der Waals surface area contributed by atoms with Crippen LogP contribution in [0.1, 0.15) is 42.3 Å². The van der Waals surface area contributed by atoms with Gasteiger partial charge in [0.25, 0.3) is 0 Å². The van der Waals surface area contributed by atoms with E-state index in [0.717, 1.165) is 52.9 Å². The fourth-order valence-corrected chi connectivity index (χ4v) is 4.20. The first kappa shape index (κ1) is 20.9. The molecule has 158 valence electrons. The van der Waals surface area contributed by atoms with Gasteiger partial charge in [0.15, 0.2) is 0 Å². The van der Waals surface area contributed by atoms with E-state index in [4.69, 9.17) is 4.98 Å². The van der Waals surface area contributed by atoms with E-state index in [1.54, 1.807) is 0 Å². The van der Waals surface area contributed by atoms with E-state index in [9.17, 15) is 9.90 Å². The third kappa shape index (κ3) is 4.53. The van der Waals surface area contributed by atoms with Gasteiger partial charge >= 0.3 is 5.97 Å². The minimum absolute atomic E-state index is 0.123. The van der Waals surface area contributed by atoms with Gasteiger partial charge in [0.2, 0.25) is 0 Å². The van der Waals surface area contributed by atoms with Crippen LogP contribution in [-0.2, 0) is 24.2 Å². The molecule has 0 fully saturated rings. The summed E-state index contributed by atoms with van der Waals surface area (Å²) in [6.07, 6.45) is 2.61. The maximum atomic E-state index is 11.2. The Balaban J connectivity index is 1.75. The van der Waals surface area contributed by atoms with Crippen molar-refractivity contribution in [1.29, 1.82) is 0 Å². The minimum Gasteiger partial charge on any atom is -0.481 e. The monoisotopic (exact) mass is 412 g/mol. The van der Waals surface area contributed by atoms with Crippen molar-refractivity contribution in [3.63, 3.8) is 0 Å². The molecule has 4 heteroatoms. The van der Waals surface area contributed by atoms with Crippen LogP contribution in [0.2, 0.25) is 0 Å².